The van der Waals surface area contributed by atoms with Crippen LogP contribution in [0, 0.1) is 11.3 Å². The van der Waals surface area contributed by atoms with E-state index in [-0.39, 0.29) is 5.91 Å². The number of hydrogen-bond donors (Lipinski definition) is 1. The van der Waals surface area contributed by atoms with E-state index in [9.17, 15) is 4.79 Å². The van der Waals surface area contributed by atoms with Gasteiger partial charge in [0.1, 0.15) is 5.75 Å². The van der Waals surface area contributed by atoms with Gasteiger partial charge in [0.2, 0.25) is 0 Å². The quantitative estimate of drug-likeness (QED) is 0.905. The smallest absolute Gasteiger partial charge is 0.265 e. The number of hydrogen-bond acceptors (Lipinski definition) is 3. The van der Waals surface area contributed by atoms with Crippen LogP contribution in [0.5, 0.6) is 5.75 Å². The van der Waals surface area contributed by atoms with Crippen molar-refractivity contribution < 1.29 is 9.53 Å². The van der Waals surface area contributed by atoms with E-state index in [1.54, 1.807) is 31.2 Å². The predicted molar refractivity (Wildman–Crippen MR) is 90.4 cm³/mol. The molecule has 23 heavy (non-hydrogen) atoms. The molecular weight excluding hydrogens is 288 g/mol. The molecule has 1 atom stereocenters. The Kier molecular flexibility index (Phi) is 5.37. The van der Waals surface area contributed by atoms with Crippen LogP contribution in [0.25, 0.3) is 0 Å². The van der Waals surface area contributed by atoms with Crippen molar-refractivity contribution in [1.29, 1.82) is 5.26 Å². The van der Waals surface area contributed by atoms with Gasteiger partial charge in [-0.3, -0.25) is 4.79 Å². The minimum Gasteiger partial charge on any atom is -0.481 e. The van der Waals surface area contributed by atoms with E-state index in [0.717, 1.165) is 0 Å². The third-order valence-electron chi connectivity index (χ3n) is 3.49. The number of anilines is 1. The number of rotatable bonds is 5. The number of ether oxygens (including phenoxy) is 1. The minimum atomic E-state index is -0.634. The molecule has 0 saturated heterocycles. The number of nitrogens with zero attached hydrogens (tertiary/aromatic N) is 1. The fraction of sp³-hybridized carbons (Fsp3) is 0.263. The van der Waals surface area contributed by atoms with Crippen LogP contribution in [0.15, 0.2) is 48.5 Å². The largest absolute Gasteiger partial charge is 0.481 e. The first-order valence-electron chi connectivity index (χ1n) is 7.57. The van der Waals surface area contributed by atoms with Gasteiger partial charge in [-0.05, 0) is 48.7 Å². The Morgan fingerprint density at radius 2 is 1.83 bits per heavy atom. The standard InChI is InChI=1S/C19H20N2O2/c1-13(2)16-7-9-18(10-8-16)23-14(3)19(22)21-17-6-4-5-15(11-17)12-20/h4-11,13-14H,1-3H3,(H,21,22)/t14-/m0/s1. The summed E-state index contributed by atoms with van der Waals surface area (Å²) in [6.45, 7) is 5.95. The second-order valence-electron chi connectivity index (χ2n) is 5.67. The highest BCUT2D eigenvalue weighted by atomic mass is 16.5. The molecule has 0 bridgehead atoms. The summed E-state index contributed by atoms with van der Waals surface area (Å²) in [5.41, 5.74) is 2.31. The van der Waals surface area contributed by atoms with Crippen LogP contribution in [0.4, 0.5) is 5.69 Å². The molecule has 0 fully saturated rings. The number of nitrogens with one attached hydrogen (secondary N) is 1. The van der Waals surface area contributed by atoms with Crippen LogP contribution in [0.2, 0.25) is 0 Å². The van der Waals surface area contributed by atoms with Gasteiger partial charge >= 0.3 is 0 Å². The molecule has 2 aromatic rings. The number of carbonyl (C=O) groups excluding carboxylic acids is 1. The molecule has 0 spiro atoms. The molecule has 0 aliphatic carbocycles. The Labute approximate surface area is 136 Å². The molecule has 0 unspecified atom stereocenters. The van der Waals surface area contributed by atoms with Crippen molar-refractivity contribution in [1.82, 2.24) is 0 Å². The average Bonchev–Trinajstić information content (AvgIpc) is 2.55. The third-order valence-corrected chi connectivity index (χ3v) is 3.49. The lowest BCUT2D eigenvalue weighted by Crippen LogP contribution is -2.30. The molecule has 0 aromatic heterocycles. The van der Waals surface area contributed by atoms with Gasteiger partial charge in [0.05, 0.1) is 11.6 Å². The minimum absolute atomic E-state index is 0.256. The van der Waals surface area contributed by atoms with Gasteiger partial charge in [-0.15, -0.1) is 0 Å². The first kappa shape index (κ1) is 16.6. The lowest BCUT2D eigenvalue weighted by atomic mass is 10.0. The van der Waals surface area contributed by atoms with Crippen molar-refractivity contribution in [3.63, 3.8) is 0 Å². The van der Waals surface area contributed by atoms with Crippen molar-refractivity contribution >= 4 is 11.6 Å². The maximum atomic E-state index is 12.2. The first-order chi connectivity index (χ1) is 11.0. The van der Waals surface area contributed by atoms with Crippen molar-refractivity contribution in [2.75, 3.05) is 5.32 Å². The first-order valence-corrected chi connectivity index (χ1v) is 7.57. The molecule has 0 saturated carbocycles. The van der Waals surface area contributed by atoms with Crippen LogP contribution in [0.3, 0.4) is 0 Å². The number of benzene rings is 2. The summed E-state index contributed by atoms with van der Waals surface area (Å²) in [4.78, 5) is 12.2. The molecule has 0 aliphatic rings. The van der Waals surface area contributed by atoms with Gasteiger partial charge < -0.3 is 10.1 Å². The summed E-state index contributed by atoms with van der Waals surface area (Å²) in [5, 5.41) is 11.6. The molecule has 0 heterocycles. The lowest BCUT2D eigenvalue weighted by molar-refractivity contribution is -0.122. The van der Waals surface area contributed by atoms with Crippen molar-refractivity contribution in [2.45, 2.75) is 32.8 Å². The summed E-state index contributed by atoms with van der Waals surface area (Å²) in [5.74, 6) is 0.855. The average molecular weight is 308 g/mol. The highest BCUT2D eigenvalue weighted by Crippen LogP contribution is 2.20. The van der Waals surface area contributed by atoms with Crippen molar-refractivity contribution in [3.05, 3.63) is 59.7 Å². The zero-order chi connectivity index (χ0) is 16.8. The van der Waals surface area contributed by atoms with Gasteiger partial charge in [0.15, 0.2) is 6.10 Å². The number of carbonyl (C=O) groups is 1. The fourth-order valence-corrected chi connectivity index (χ4v) is 2.10. The summed E-state index contributed by atoms with van der Waals surface area (Å²) >= 11 is 0. The summed E-state index contributed by atoms with van der Waals surface area (Å²) in [7, 11) is 0. The summed E-state index contributed by atoms with van der Waals surface area (Å²) in [6.07, 6.45) is -0.634. The monoisotopic (exact) mass is 308 g/mol. The number of amides is 1. The van der Waals surface area contributed by atoms with Gasteiger partial charge in [-0.1, -0.05) is 32.0 Å². The molecule has 4 nitrogen and oxygen atoms in total. The highest BCUT2D eigenvalue weighted by molar-refractivity contribution is 5.94. The molecule has 2 aromatic carbocycles. The Balaban J connectivity index is 1.98. The van der Waals surface area contributed by atoms with E-state index in [1.165, 1.54) is 5.56 Å². The molecular formula is C19H20N2O2. The van der Waals surface area contributed by atoms with Crippen LogP contribution >= 0.6 is 0 Å². The Morgan fingerprint density at radius 1 is 1.13 bits per heavy atom. The van der Waals surface area contributed by atoms with Crippen molar-refractivity contribution in [2.24, 2.45) is 0 Å². The molecule has 0 radical (unpaired) electrons. The molecule has 118 valence electrons. The Bertz CT molecular complexity index is 715. The van der Waals surface area contributed by atoms with E-state index in [0.29, 0.717) is 22.9 Å². The van der Waals surface area contributed by atoms with E-state index < -0.39 is 6.10 Å². The second-order valence-corrected chi connectivity index (χ2v) is 5.67. The van der Waals surface area contributed by atoms with Crippen LogP contribution in [-0.2, 0) is 4.79 Å². The second kappa shape index (κ2) is 7.46. The zero-order valence-corrected chi connectivity index (χ0v) is 13.5. The fourth-order valence-electron chi connectivity index (χ4n) is 2.10. The van der Waals surface area contributed by atoms with Crippen LogP contribution < -0.4 is 10.1 Å². The maximum absolute atomic E-state index is 12.2. The normalized spacial score (nSPS) is 11.6. The highest BCUT2D eigenvalue weighted by Gasteiger charge is 2.15. The Hall–Kier alpha value is -2.80. The number of nitriles is 1. The van der Waals surface area contributed by atoms with Crippen molar-refractivity contribution in [3.8, 4) is 11.8 Å². The van der Waals surface area contributed by atoms with E-state index in [1.807, 2.05) is 30.3 Å². The zero-order valence-electron chi connectivity index (χ0n) is 13.5. The van der Waals surface area contributed by atoms with Crippen LogP contribution in [-0.4, -0.2) is 12.0 Å². The molecule has 4 heteroatoms. The topological polar surface area (TPSA) is 62.1 Å². The Morgan fingerprint density at radius 3 is 2.43 bits per heavy atom. The van der Waals surface area contributed by atoms with Gasteiger partial charge in [0.25, 0.3) is 5.91 Å². The van der Waals surface area contributed by atoms with E-state index in [4.69, 9.17) is 10.00 Å². The van der Waals surface area contributed by atoms with Gasteiger partial charge in [0, 0.05) is 5.69 Å². The summed E-state index contributed by atoms with van der Waals surface area (Å²) < 4.78 is 5.66. The van der Waals surface area contributed by atoms with E-state index >= 15 is 0 Å². The maximum Gasteiger partial charge on any atom is 0.265 e. The van der Waals surface area contributed by atoms with Gasteiger partial charge in [-0.2, -0.15) is 5.26 Å². The SMILES string of the molecule is CC(C)c1ccc(O[C@@H](C)C(=O)Nc2cccc(C#N)c2)cc1. The molecule has 1 amide bonds. The third kappa shape index (κ3) is 4.58. The van der Waals surface area contributed by atoms with Crippen LogP contribution in [0.1, 0.15) is 37.8 Å². The summed E-state index contributed by atoms with van der Waals surface area (Å²) in [6, 6.07) is 16.6. The molecule has 2 rings (SSSR count). The molecule has 0 aliphatic heterocycles. The molecule has 1 N–H and O–H groups in total. The van der Waals surface area contributed by atoms with Gasteiger partial charge in [-0.25, -0.2) is 0 Å². The lowest BCUT2D eigenvalue weighted by Gasteiger charge is -2.15. The van der Waals surface area contributed by atoms with E-state index in [2.05, 4.69) is 19.2 Å². The predicted octanol–water partition coefficient (Wildman–Crippen LogP) is 4.09.